The van der Waals surface area contributed by atoms with Crippen LogP contribution in [-0.4, -0.2) is 40.6 Å². The van der Waals surface area contributed by atoms with Crippen molar-refractivity contribution in [3.8, 4) is 5.69 Å². The monoisotopic (exact) mass is 414 g/mol. The standard InChI is InChI=1S/C22H30N4O4/c1-6-29-20(27)19-18-16(8-7-11-25(18)21(28)30-22(3,4)5)24-26(19)17-10-9-15(13-23)12-14(17)2/h9-10,12H,6-8,11,13,23H2,1-5H3. The molecule has 0 atom stereocenters. The van der Waals surface area contributed by atoms with Gasteiger partial charge in [0.25, 0.3) is 0 Å². The molecule has 8 nitrogen and oxygen atoms in total. The second kappa shape index (κ2) is 8.47. The first kappa shape index (κ1) is 21.8. The van der Waals surface area contributed by atoms with E-state index in [2.05, 4.69) is 0 Å². The molecular formula is C22H30N4O4. The van der Waals surface area contributed by atoms with Gasteiger partial charge in [0.2, 0.25) is 0 Å². The molecule has 0 saturated heterocycles. The van der Waals surface area contributed by atoms with Gasteiger partial charge in [0.05, 0.1) is 18.0 Å². The zero-order valence-corrected chi connectivity index (χ0v) is 18.3. The first-order chi connectivity index (χ1) is 14.2. The van der Waals surface area contributed by atoms with Crippen LogP contribution in [0.15, 0.2) is 18.2 Å². The van der Waals surface area contributed by atoms with Crippen LogP contribution in [0.25, 0.3) is 5.69 Å². The number of anilines is 1. The number of hydrogen-bond donors (Lipinski definition) is 1. The number of aryl methyl sites for hydroxylation is 2. The Morgan fingerprint density at radius 2 is 2.00 bits per heavy atom. The Morgan fingerprint density at radius 1 is 1.27 bits per heavy atom. The van der Waals surface area contributed by atoms with Crippen LogP contribution < -0.4 is 10.6 Å². The number of benzene rings is 1. The minimum Gasteiger partial charge on any atom is -0.461 e. The topological polar surface area (TPSA) is 99.7 Å². The summed E-state index contributed by atoms with van der Waals surface area (Å²) in [6, 6.07) is 5.76. The number of carbonyl (C=O) groups excluding carboxylic acids is 2. The van der Waals surface area contributed by atoms with Crippen LogP contribution in [0.2, 0.25) is 0 Å². The molecule has 0 fully saturated rings. The van der Waals surface area contributed by atoms with E-state index < -0.39 is 17.7 Å². The van der Waals surface area contributed by atoms with Gasteiger partial charge in [-0.15, -0.1) is 0 Å². The lowest BCUT2D eigenvalue weighted by Crippen LogP contribution is -2.40. The number of nitrogens with zero attached hydrogens (tertiary/aromatic N) is 3. The number of hydrogen-bond acceptors (Lipinski definition) is 6. The quantitative estimate of drug-likeness (QED) is 0.769. The molecule has 2 heterocycles. The second-order valence-electron chi connectivity index (χ2n) is 8.34. The Labute approximate surface area is 176 Å². The van der Waals surface area contributed by atoms with Crippen molar-refractivity contribution in [1.82, 2.24) is 9.78 Å². The molecule has 1 aromatic heterocycles. The Morgan fingerprint density at radius 3 is 2.60 bits per heavy atom. The van der Waals surface area contributed by atoms with Crippen molar-refractivity contribution in [3.63, 3.8) is 0 Å². The SMILES string of the molecule is CCOC(=O)c1c2c(nn1-c1ccc(CN)cc1C)CCCN2C(=O)OC(C)(C)C. The highest BCUT2D eigenvalue weighted by Gasteiger charge is 2.36. The van der Waals surface area contributed by atoms with Crippen LogP contribution in [0, 0.1) is 6.92 Å². The van der Waals surface area contributed by atoms with Crippen LogP contribution in [0.1, 0.15) is 61.4 Å². The van der Waals surface area contributed by atoms with Crippen molar-refractivity contribution in [2.45, 2.75) is 59.6 Å². The van der Waals surface area contributed by atoms with Crippen molar-refractivity contribution >= 4 is 17.7 Å². The largest absolute Gasteiger partial charge is 0.461 e. The number of fused-ring (bicyclic) bond motifs is 1. The van der Waals surface area contributed by atoms with Gasteiger partial charge >= 0.3 is 12.1 Å². The molecule has 3 rings (SSSR count). The summed E-state index contributed by atoms with van der Waals surface area (Å²) in [6.45, 7) is 10.2. The minimum atomic E-state index is -0.649. The zero-order chi connectivity index (χ0) is 22.1. The Balaban J connectivity index is 2.17. The number of rotatable bonds is 4. The van der Waals surface area contributed by atoms with Gasteiger partial charge in [-0.1, -0.05) is 12.1 Å². The number of esters is 1. The van der Waals surface area contributed by atoms with Crippen molar-refractivity contribution < 1.29 is 19.1 Å². The van der Waals surface area contributed by atoms with Crippen LogP contribution >= 0.6 is 0 Å². The van der Waals surface area contributed by atoms with E-state index in [9.17, 15) is 9.59 Å². The van der Waals surface area contributed by atoms with Crippen LogP contribution in [0.5, 0.6) is 0 Å². The van der Waals surface area contributed by atoms with Gasteiger partial charge in [0.15, 0.2) is 5.69 Å². The number of nitrogens with two attached hydrogens (primary N) is 1. The molecule has 2 aromatic rings. The molecule has 2 N–H and O–H groups in total. The second-order valence-corrected chi connectivity index (χ2v) is 8.34. The highest BCUT2D eigenvalue weighted by molar-refractivity contribution is 6.01. The average Bonchev–Trinajstić information content (AvgIpc) is 3.05. The molecule has 0 radical (unpaired) electrons. The van der Waals surface area contributed by atoms with Gasteiger partial charge in [-0.2, -0.15) is 5.10 Å². The molecule has 0 bridgehead atoms. The smallest absolute Gasteiger partial charge is 0.414 e. The van der Waals surface area contributed by atoms with E-state index in [0.717, 1.165) is 23.2 Å². The van der Waals surface area contributed by atoms with Gasteiger partial charge in [0.1, 0.15) is 11.3 Å². The lowest BCUT2D eigenvalue weighted by Gasteiger charge is -2.30. The molecule has 8 heteroatoms. The van der Waals surface area contributed by atoms with Crippen molar-refractivity contribution in [2.75, 3.05) is 18.1 Å². The van der Waals surface area contributed by atoms with E-state index >= 15 is 0 Å². The Kier molecular flexibility index (Phi) is 6.17. The molecule has 1 amide bonds. The molecule has 30 heavy (non-hydrogen) atoms. The molecule has 1 aliphatic rings. The predicted molar refractivity (Wildman–Crippen MR) is 114 cm³/mol. The lowest BCUT2D eigenvalue weighted by atomic mass is 10.1. The number of carbonyl (C=O) groups is 2. The zero-order valence-electron chi connectivity index (χ0n) is 18.3. The maximum absolute atomic E-state index is 13.0. The third kappa shape index (κ3) is 4.33. The van der Waals surface area contributed by atoms with E-state index in [1.807, 2.05) is 45.9 Å². The first-order valence-corrected chi connectivity index (χ1v) is 10.3. The molecule has 0 unspecified atom stereocenters. The van der Waals surface area contributed by atoms with Crippen LogP contribution in [-0.2, 0) is 22.4 Å². The molecule has 0 saturated carbocycles. The third-order valence-electron chi connectivity index (χ3n) is 4.80. The third-order valence-corrected chi connectivity index (χ3v) is 4.80. The first-order valence-electron chi connectivity index (χ1n) is 10.3. The van der Waals surface area contributed by atoms with Gasteiger partial charge < -0.3 is 15.2 Å². The average molecular weight is 415 g/mol. The normalized spacial score (nSPS) is 13.7. The summed E-state index contributed by atoms with van der Waals surface area (Å²) in [5.74, 6) is -0.524. The molecule has 162 valence electrons. The number of aromatic nitrogens is 2. The number of ether oxygens (including phenoxy) is 2. The van der Waals surface area contributed by atoms with E-state index in [-0.39, 0.29) is 12.3 Å². The van der Waals surface area contributed by atoms with E-state index in [0.29, 0.717) is 30.9 Å². The number of amides is 1. The molecule has 0 spiro atoms. The molecule has 1 aromatic carbocycles. The lowest BCUT2D eigenvalue weighted by molar-refractivity contribution is 0.0516. The van der Waals surface area contributed by atoms with Crippen molar-refractivity contribution in [1.29, 1.82) is 0 Å². The van der Waals surface area contributed by atoms with Gasteiger partial charge in [-0.3, -0.25) is 4.90 Å². The maximum Gasteiger partial charge on any atom is 0.414 e. The molecular weight excluding hydrogens is 384 g/mol. The molecule has 0 aliphatic carbocycles. The summed E-state index contributed by atoms with van der Waals surface area (Å²) < 4.78 is 12.5. The van der Waals surface area contributed by atoms with E-state index in [4.69, 9.17) is 20.3 Å². The fourth-order valence-corrected chi connectivity index (χ4v) is 3.56. The molecule has 1 aliphatic heterocycles. The van der Waals surface area contributed by atoms with Crippen LogP contribution in [0.4, 0.5) is 10.5 Å². The summed E-state index contributed by atoms with van der Waals surface area (Å²) in [5, 5.41) is 4.70. The highest BCUT2D eigenvalue weighted by Crippen LogP contribution is 2.34. The van der Waals surface area contributed by atoms with Crippen molar-refractivity contribution in [2.24, 2.45) is 5.73 Å². The van der Waals surface area contributed by atoms with Gasteiger partial charge in [-0.05, 0) is 64.7 Å². The van der Waals surface area contributed by atoms with Crippen LogP contribution in [0.3, 0.4) is 0 Å². The predicted octanol–water partition coefficient (Wildman–Crippen LogP) is 3.50. The highest BCUT2D eigenvalue weighted by atomic mass is 16.6. The summed E-state index contributed by atoms with van der Waals surface area (Å²) in [6.07, 6.45) is 0.897. The summed E-state index contributed by atoms with van der Waals surface area (Å²) in [7, 11) is 0. The Bertz CT molecular complexity index is 959. The maximum atomic E-state index is 13.0. The summed E-state index contributed by atoms with van der Waals surface area (Å²) >= 11 is 0. The van der Waals surface area contributed by atoms with E-state index in [1.165, 1.54) is 4.90 Å². The fourth-order valence-electron chi connectivity index (χ4n) is 3.56. The fraction of sp³-hybridized carbons (Fsp3) is 0.500. The van der Waals surface area contributed by atoms with Gasteiger partial charge in [0, 0.05) is 13.1 Å². The van der Waals surface area contributed by atoms with E-state index in [1.54, 1.807) is 11.6 Å². The minimum absolute atomic E-state index is 0.219. The Hall–Kier alpha value is -2.87. The summed E-state index contributed by atoms with van der Waals surface area (Å²) in [4.78, 5) is 27.4. The van der Waals surface area contributed by atoms with Crippen molar-refractivity contribution in [3.05, 3.63) is 40.7 Å². The van der Waals surface area contributed by atoms with Gasteiger partial charge in [-0.25, -0.2) is 14.3 Å². The summed E-state index contributed by atoms with van der Waals surface area (Å²) in [5.41, 5.74) is 9.14.